The Kier molecular flexibility index (Phi) is 8.68. The van der Waals surface area contributed by atoms with Crippen molar-refractivity contribution >= 4 is 69.4 Å². The summed E-state index contributed by atoms with van der Waals surface area (Å²) in [7, 11) is 0. The van der Waals surface area contributed by atoms with Crippen LogP contribution in [0.2, 0.25) is 0 Å². The first-order valence-corrected chi connectivity index (χ1v) is 9.85. The lowest BCUT2D eigenvalue weighted by molar-refractivity contribution is -0.126. The second-order valence-corrected chi connectivity index (χ2v) is 7.45. The minimum atomic E-state index is -0.330. The van der Waals surface area contributed by atoms with Crippen molar-refractivity contribution < 1.29 is 9.59 Å². The van der Waals surface area contributed by atoms with Crippen molar-refractivity contribution in [3.63, 3.8) is 0 Å². The van der Waals surface area contributed by atoms with Crippen LogP contribution >= 0.6 is 45.2 Å². The van der Waals surface area contributed by atoms with Crippen molar-refractivity contribution in [3.05, 3.63) is 66.8 Å². The van der Waals surface area contributed by atoms with E-state index >= 15 is 0 Å². The molecule has 26 heavy (non-hydrogen) atoms. The Balaban J connectivity index is 1.71. The second kappa shape index (κ2) is 11.0. The standard InChI is InChI=1S/C18H16I2N4O2/c19-15-7-3-1-5-13(15)11-21-23-17(25)9-10-18(26)24-22-12-14-6-2-4-8-16(14)20/h1-8,11-12H,9-10H2,(H,23,25)(H,24,26). The molecule has 0 radical (unpaired) electrons. The van der Waals surface area contributed by atoms with Crippen molar-refractivity contribution in [2.75, 3.05) is 0 Å². The number of amides is 2. The maximum atomic E-state index is 11.7. The van der Waals surface area contributed by atoms with E-state index in [0.29, 0.717) is 0 Å². The molecule has 0 aromatic heterocycles. The van der Waals surface area contributed by atoms with Crippen LogP contribution in [-0.2, 0) is 9.59 Å². The van der Waals surface area contributed by atoms with E-state index in [1.54, 1.807) is 12.4 Å². The molecule has 0 aliphatic rings. The molecular weight excluding hydrogens is 558 g/mol. The van der Waals surface area contributed by atoms with Gasteiger partial charge in [-0.25, -0.2) is 10.9 Å². The molecule has 0 saturated heterocycles. The number of hydrazone groups is 2. The number of nitrogens with one attached hydrogen (secondary N) is 2. The van der Waals surface area contributed by atoms with Crippen molar-refractivity contribution in [1.82, 2.24) is 10.9 Å². The summed E-state index contributed by atoms with van der Waals surface area (Å²) in [6, 6.07) is 15.3. The van der Waals surface area contributed by atoms with Crippen molar-refractivity contribution in [1.29, 1.82) is 0 Å². The molecule has 0 bridgehead atoms. The third-order valence-electron chi connectivity index (χ3n) is 3.18. The summed E-state index contributed by atoms with van der Waals surface area (Å²) in [4.78, 5) is 23.4. The first-order chi connectivity index (χ1) is 12.6. The molecule has 0 heterocycles. The molecule has 134 valence electrons. The highest BCUT2D eigenvalue weighted by atomic mass is 127. The van der Waals surface area contributed by atoms with E-state index < -0.39 is 0 Å². The number of nitrogens with zero attached hydrogens (tertiary/aromatic N) is 2. The fourth-order valence-electron chi connectivity index (χ4n) is 1.85. The molecule has 0 atom stereocenters. The molecule has 0 saturated carbocycles. The predicted molar refractivity (Wildman–Crippen MR) is 119 cm³/mol. The molecule has 2 aromatic carbocycles. The molecule has 2 N–H and O–H groups in total. The Morgan fingerprint density at radius 2 is 1.15 bits per heavy atom. The second-order valence-electron chi connectivity index (χ2n) is 5.13. The number of rotatable bonds is 7. The van der Waals surface area contributed by atoms with E-state index in [0.717, 1.165) is 18.3 Å². The molecule has 6 nitrogen and oxygen atoms in total. The Bertz CT molecular complexity index is 768. The van der Waals surface area contributed by atoms with Crippen LogP contribution in [0.15, 0.2) is 58.7 Å². The molecule has 8 heteroatoms. The number of carbonyl (C=O) groups excluding carboxylic acids is 2. The third-order valence-corrected chi connectivity index (χ3v) is 5.14. The third kappa shape index (κ3) is 7.20. The topological polar surface area (TPSA) is 82.9 Å². The van der Waals surface area contributed by atoms with Gasteiger partial charge in [0.15, 0.2) is 0 Å². The smallest absolute Gasteiger partial charge is 0.240 e. The van der Waals surface area contributed by atoms with Crippen LogP contribution in [0.1, 0.15) is 24.0 Å². The quantitative estimate of drug-likeness (QED) is 0.303. The van der Waals surface area contributed by atoms with E-state index in [9.17, 15) is 9.59 Å². The fraction of sp³-hybridized carbons (Fsp3) is 0.111. The minimum absolute atomic E-state index is 0.0352. The summed E-state index contributed by atoms with van der Waals surface area (Å²) in [5, 5.41) is 7.80. The first-order valence-electron chi connectivity index (χ1n) is 7.69. The fourth-order valence-corrected chi connectivity index (χ4v) is 2.90. The molecule has 2 rings (SSSR count). The van der Waals surface area contributed by atoms with Gasteiger partial charge in [0.1, 0.15) is 0 Å². The van der Waals surface area contributed by atoms with Crippen LogP contribution in [0, 0.1) is 7.14 Å². The zero-order valence-corrected chi connectivity index (χ0v) is 18.0. The normalized spacial score (nSPS) is 11.0. The lowest BCUT2D eigenvalue weighted by atomic mass is 10.2. The van der Waals surface area contributed by atoms with Gasteiger partial charge in [-0.05, 0) is 57.3 Å². The summed E-state index contributed by atoms with van der Waals surface area (Å²) >= 11 is 4.38. The number of carbonyl (C=O) groups is 2. The van der Waals surface area contributed by atoms with Gasteiger partial charge in [-0.3, -0.25) is 9.59 Å². The maximum absolute atomic E-state index is 11.7. The Morgan fingerprint density at radius 1 is 0.769 bits per heavy atom. The number of halogens is 2. The van der Waals surface area contributed by atoms with E-state index in [4.69, 9.17) is 0 Å². The summed E-state index contributed by atoms with van der Waals surface area (Å²) in [5.41, 5.74) is 6.65. The largest absolute Gasteiger partial charge is 0.273 e. The SMILES string of the molecule is O=C(CCC(=O)NN=Cc1ccccc1I)NN=Cc1ccccc1I. The van der Waals surface area contributed by atoms with Crippen molar-refractivity contribution in [2.24, 2.45) is 10.2 Å². The summed E-state index contributed by atoms with van der Waals surface area (Å²) < 4.78 is 2.07. The van der Waals surface area contributed by atoms with Crippen LogP contribution in [0.4, 0.5) is 0 Å². The first kappa shape index (κ1) is 20.5. The van der Waals surface area contributed by atoms with E-state index in [1.807, 2.05) is 48.5 Å². The lowest BCUT2D eigenvalue weighted by Gasteiger charge is -2.01. The van der Waals surface area contributed by atoms with E-state index in [-0.39, 0.29) is 24.7 Å². The van der Waals surface area contributed by atoms with Gasteiger partial charge in [-0.15, -0.1) is 0 Å². The van der Waals surface area contributed by atoms with Gasteiger partial charge in [-0.2, -0.15) is 10.2 Å². The van der Waals surface area contributed by atoms with Gasteiger partial charge in [0.25, 0.3) is 0 Å². The van der Waals surface area contributed by atoms with Gasteiger partial charge >= 0.3 is 0 Å². The van der Waals surface area contributed by atoms with Crippen LogP contribution in [0.3, 0.4) is 0 Å². The Labute approximate surface area is 178 Å². The Morgan fingerprint density at radius 3 is 1.54 bits per heavy atom. The molecule has 0 fully saturated rings. The molecule has 0 spiro atoms. The van der Waals surface area contributed by atoms with Crippen LogP contribution in [-0.4, -0.2) is 24.2 Å². The minimum Gasteiger partial charge on any atom is -0.273 e. The number of hydrogen-bond donors (Lipinski definition) is 2. The average molecular weight is 574 g/mol. The van der Waals surface area contributed by atoms with E-state index in [2.05, 4.69) is 66.2 Å². The van der Waals surface area contributed by atoms with E-state index in [1.165, 1.54) is 0 Å². The summed E-state index contributed by atoms with van der Waals surface area (Å²) in [6.07, 6.45) is 3.22. The van der Waals surface area contributed by atoms with Crippen LogP contribution in [0.25, 0.3) is 0 Å². The zero-order chi connectivity index (χ0) is 18.8. The van der Waals surface area contributed by atoms with Gasteiger partial charge in [-0.1, -0.05) is 36.4 Å². The average Bonchev–Trinajstić information content (AvgIpc) is 2.63. The monoisotopic (exact) mass is 574 g/mol. The zero-order valence-electron chi connectivity index (χ0n) is 13.7. The summed E-state index contributed by atoms with van der Waals surface area (Å²) in [5.74, 6) is -0.659. The maximum Gasteiger partial charge on any atom is 0.240 e. The number of benzene rings is 2. The molecule has 0 aliphatic carbocycles. The predicted octanol–water partition coefficient (Wildman–Crippen LogP) is 3.28. The molecular formula is C18H16I2N4O2. The molecule has 0 aliphatic heterocycles. The van der Waals surface area contributed by atoms with Gasteiger partial charge in [0, 0.05) is 31.1 Å². The highest BCUT2D eigenvalue weighted by molar-refractivity contribution is 14.1. The highest BCUT2D eigenvalue weighted by Crippen LogP contribution is 2.09. The Hall–Kier alpha value is -1.82. The lowest BCUT2D eigenvalue weighted by Crippen LogP contribution is -2.22. The van der Waals surface area contributed by atoms with Gasteiger partial charge in [0.2, 0.25) is 11.8 Å². The number of hydrogen-bond acceptors (Lipinski definition) is 4. The van der Waals surface area contributed by atoms with Crippen LogP contribution in [0.5, 0.6) is 0 Å². The van der Waals surface area contributed by atoms with Crippen LogP contribution < -0.4 is 10.9 Å². The van der Waals surface area contributed by atoms with Crippen molar-refractivity contribution in [2.45, 2.75) is 12.8 Å². The summed E-state index contributed by atoms with van der Waals surface area (Å²) in [6.45, 7) is 0. The van der Waals surface area contributed by atoms with Crippen molar-refractivity contribution in [3.8, 4) is 0 Å². The van der Waals surface area contributed by atoms with Gasteiger partial charge < -0.3 is 0 Å². The molecule has 2 aromatic rings. The van der Waals surface area contributed by atoms with Gasteiger partial charge in [0.05, 0.1) is 12.4 Å². The molecule has 0 unspecified atom stereocenters. The molecule has 2 amide bonds. The highest BCUT2D eigenvalue weighted by Gasteiger charge is 2.05.